The molecule has 132 valence electrons. The summed E-state index contributed by atoms with van der Waals surface area (Å²) >= 11 is 3.34. The number of ether oxygens (including phenoxy) is 1. The van der Waals surface area contributed by atoms with Crippen molar-refractivity contribution in [2.45, 2.75) is 19.1 Å². The van der Waals surface area contributed by atoms with Gasteiger partial charge in [0.15, 0.2) is 0 Å². The Morgan fingerprint density at radius 3 is 2.75 bits per heavy atom. The lowest BCUT2D eigenvalue weighted by Crippen LogP contribution is -2.46. The summed E-state index contributed by atoms with van der Waals surface area (Å²) in [6, 6.07) is 0. The average molecular weight is 400 g/mol. The molecule has 2 saturated heterocycles. The molecule has 1 atom stereocenters. The third-order valence-corrected chi connectivity index (χ3v) is 4.51. The number of nitrogens with zero attached hydrogens (tertiary/aromatic N) is 5. The van der Waals surface area contributed by atoms with Gasteiger partial charge in [0.1, 0.15) is 12.8 Å². The van der Waals surface area contributed by atoms with Crippen LogP contribution in [0.25, 0.3) is 0 Å². The Kier molecular flexibility index (Phi) is 6.36. The first-order chi connectivity index (χ1) is 11.7. The van der Waals surface area contributed by atoms with Gasteiger partial charge < -0.3 is 19.6 Å². The van der Waals surface area contributed by atoms with E-state index in [1.807, 2.05) is 4.90 Å². The van der Waals surface area contributed by atoms with Gasteiger partial charge in [-0.2, -0.15) is 0 Å². The summed E-state index contributed by atoms with van der Waals surface area (Å²) in [4.78, 5) is 18.1. The van der Waals surface area contributed by atoms with Crippen LogP contribution in [0.1, 0.15) is 12.8 Å². The zero-order valence-corrected chi connectivity index (χ0v) is 15.1. The zero-order chi connectivity index (χ0) is 16.8. The standard InChI is InChI=1S/C15H22BrN5O3/c16-12-9-17-15(18-10-12)21-3-1-13(2-4-21)19-24-8-6-20-5-7-23-11-14(20)22/h9-10,14,22H,1-8,11H2. The van der Waals surface area contributed by atoms with Crippen molar-refractivity contribution < 1.29 is 14.7 Å². The largest absolute Gasteiger partial charge is 0.394 e. The van der Waals surface area contributed by atoms with Gasteiger partial charge in [-0.1, -0.05) is 5.16 Å². The van der Waals surface area contributed by atoms with Crippen molar-refractivity contribution in [3.63, 3.8) is 0 Å². The molecule has 3 heterocycles. The van der Waals surface area contributed by atoms with Crippen LogP contribution in [0.5, 0.6) is 0 Å². The number of aliphatic hydroxyl groups is 1. The lowest BCUT2D eigenvalue weighted by molar-refractivity contribution is -0.111. The van der Waals surface area contributed by atoms with E-state index in [0.717, 1.165) is 48.6 Å². The van der Waals surface area contributed by atoms with Gasteiger partial charge in [-0.3, -0.25) is 4.90 Å². The smallest absolute Gasteiger partial charge is 0.225 e. The first kappa shape index (κ1) is 17.5. The monoisotopic (exact) mass is 399 g/mol. The number of aliphatic hydroxyl groups excluding tert-OH is 1. The average Bonchev–Trinajstić information content (AvgIpc) is 2.61. The minimum absolute atomic E-state index is 0.364. The second kappa shape index (κ2) is 8.70. The molecule has 0 amide bonds. The van der Waals surface area contributed by atoms with Crippen molar-refractivity contribution in [1.29, 1.82) is 0 Å². The summed E-state index contributed by atoms with van der Waals surface area (Å²) in [5.41, 5.74) is 1.06. The minimum atomic E-state index is -0.538. The van der Waals surface area contributed by atoms with Gasteiger partial charge in [-0.05, 0) is 15.9 Å². The van der Waals surface area contributed by atoms with Crippen LogP contribution < -0.4 is 4.90 Å². The van der Waals surface area contributed by atoms with Crippen molar-refractivity contribution in [3.05, 3.63) is 16.9 Å². The second-order valence-electron chi connectivity index (χ2n) is 5.77. The molecule has 2 aliphatic heterocycles. The lowest BCUT2D eigenvalue weighted by Gasteiger charge is -2.31. The third kappa shape index (κ3) is 4.85. The van der Waals surface area contributed by atoms with E-state index in [-0.39, 0.29) is 0 Å². The van der Waals surface area contributed by atoms with Crippen LogP contribution in [0.15, 0.2) is 22.0 Å². The van der Waals surface area contributed by atoms with Gasteiger partial charge in [0.25, 0.3) is 0 Å². The predicted octanol–water partition coefficient (Wildman–Crippen LogP) is 0.862. The van der Waals surface area contributed by atoms with Crippen LogP contribution >= 0.6 is 15.9 Å². The molecule has 2 aliphatic rings. The van der Waals surface area contributed by atoms with E-state index in [2.05, 4.69) is 36.0 Å². The number of oxime groups is 1. The SMILES string of the molecule is OC1COCCN1CCON=C1CCN(c2ncc(Br)cn2)CC1. The van der Waals surface area contributed by atoms with Gasteiger partial charge >= 0.3 is 0 Å². The maximum absolute atomic E-state index is 9.76. The van der Waals surface area contributed by atoms with Crippen LogP contribution in [-0.4, -0.2) is 77.9 Å². The fraction of sp³-hybridized carbons (Fsp3) is 0.667. The molecule has 0 spiro atoms. The molecule has 0 aromatic carbocycles. The summed E-state index contributed by atoms with van der Waals surface area (Å²) < 4.78 is 6.07. The van der Waals surface area contributed by atoms with Gasteiger partial charge in [0, 0.05) is 51.4 Å². The minimum Gasteiger partial charge on any atom is -0.394 e. The molecule has 3 rings (SSSR count). The maximum Gasteiger partial charge on any atom is 0.225 e. The Balaban J connectivity index is 1.38. The maximum atomic E-state index is 9.76. The summed E-state index contributed by atoms with van der Waals surface area (Å²) in [7, 11) is 0. The quantitative estimate of drug-likeness (QED) is 0.580. The van der Waals surface area contributed by atoms with Crippen molar-refractivity contribution >= 4 is 27.6 Å². The number of piperidine rings is 1. The van der Waals surface area contributed by atoms with Crippen molar-refractivity contribution in [2.75, 3.05) is 50.9 Å². The molecule has 1 N–H and O–H groups in total. The van der Waals surface area contributed by atoms with E-state index in [0.29, 0.717) is 26.4 Å². The van der Waals surface area contributed by atoms with E-state index < -0.39 is 6.23 Å². The van der Waals surface area contributed by atoms with Crippen molar-refractivity contribution in [3.8, 4) is 0 Å². The molecule has 2 fully saturated rings. The van der Waals surface area contributed by atoms with E-state index in [4.69, 9.17) is 9.57 Å². The first-order valence-corrected chi connectivity index (χ1v) is 8.92. The highest BCUT2D eigenvalue weighted by Crippen LogP contribution is 2.16. The van der Waals surface area contributed by atoms with E-state index in [9.17, 15) is 5.11 Å². The molecule has 0 bridgehead atoms. The normalized spacial score (nSPS) is 22.5. The fourth-order valence-electron chi connectivity index (χ4n) is 2.71. The molecular formula is C15H22BrN5O3. The summed E-state index contributed by atoms with van der Waals surface area (Å²) in [6.45, 7) is 4.55. The molecular weight excluding hydrogens is 378 g/mol. The number of rotatable bonds is 5. The highest BCUT2D eigenvalue weighted by atomic mass is 79.9. The molecule has 0 radical (unpaired) electrons. The van der Waals surface area contributed by atoms with Gasteiger partial charge in [-0.25, -0.2) is 9.97 Å². The highest BCUT2D eigenvalue weighted by Gasteiger charge is 2.20. The summed E-state index contributed by atoms with van der Waals surface area (Å²) in [5.74, 6) is 0.750. The predicted molar refractivity (Wildman–Crippen MR) is 93.0 cm³/mol. The molecule has 1 unspecified atom stereocenters. The van der Waals surface area contributed by atoms with Crippen LogP contribution in [0.3, 0.4) is 0 Å². The molecule has 0 saturated carbocycles. The van der Waals surface area contributed by atoms with Crippen LogP contribution in [0, 0.1) is 0 Å². The van der Waals surface area contributed by atoms with Crippen LogP contribution in [0.2, 0.25) is 0 Å². The Morgan fingerprint density at radius 2 is 2.04 bits per heavy atom. The van der Waals surface area contributed by atoms with Gasteiger partial charge in [0.2, 0.25) is 5.95 Å². The number of halogens is 1. The van der Waals surface area contributed by atoms with Gasteiger partial charge in [-0.15, -0.1) is 0 Å². The fourth-order valence-corrected chi connectivity index (χ4v) is 2.91. The Morgan fingerprint density at radius 1 is 1.29 bits per heavy atom. The number of hydrogen-bond donors (Lipinski definition) is 1. The third-order valence-electron chi connectivity index (χ3n) is 4.10. The van der Waals surface area contributed by atoms with E-state index >= 15 is 0 Å². The number of aromatic nitrogens is 2. The topological polar surface area (TPSA) is 83.3 Å². The zero-order valence-electron chi connectivity index (χ0n) is 13.5. The van der Waals surface area contributed by atoms with Crippen LogP contribution in [0.4, 0.5) is 5.95 Å². The lowest BCUT2D eigenvalue weighted by atomic mass is 10.1. The molecule has 1 aromatic heterocycles. The van der Waals surface area contributed by atoms with E-state index in [1.165, 1.54) is 0 Å². The highest BCUT2D eigenvalue weighted by molar-refractivity contribution is 9.10. The van der Waals surface area contributed by atoms with E-state index in [1.54, 1.807) is 12.4 Å². The summed E-state index contributed by atoms with van der Waals surface area (Å²) in [6.07, 6.45) is 4.67. The van der Waals surface area contributed by atoms with Crippen LogP contribution in [-0.2, 0) is 9.57 Å². The first-order valence-electron chi connectivity index (χ1n) is 8.12. The Labute approximate surface area is 149 Å². The number of anilines is 1. The number of hydrogen-bond acceptors (Lipinski definition) is 8. The Bertz CT molecular complexity index is 547. The molecule has 8 nitrogen and oxygen atoms in total. The number of morpholine rings is 1. The Hall–Kier alpha value is -1.29. The van der Waals surface area contributed by atoms with Crippen molar-refractivity contribution in [1.82, 2.24) is 14.9 Å². The molecule has 1 aromatic rings. The summed E-state index contributed by atoms with van der Waals surface area (Å²) in [5, 5.41) is 14.0. The second-order valence-corrected chi connectivity index (χ2v) is 6.69. The van der Waals surface area contributed by atoms with Crippen molar-refractivity contribution in [2.24, 2.45) is 5.16 Å². The molecule has 0 aliphatic carbocycles. The molecule has 24 heavy (non-hydrogen) atoms. The van der Waals surface area contributed by atoms with Gasteiger partial charge in [0.05, 0.1) is 23.4 Å². The molecule has 9 heteroatoms.